The molecule has 4 nitrogen and oxygen atoms in total. The lowest BCUT2D eigenvalue weighted by Crippen LogP contribution is -2.46. The molecule has 100 valence electrons. The van der Waals surface area contributed by atoms with Gasteiger partial charge in [0.15, 0.2) is 0 Å². The second kappa shape index (κ2) is 4.89. The van der Waals surface area contributed by atoms with Gasteiger partial charge in [-0.2, -0.15) is 4.99 Å². The summed E-state index contributed by atoms with van der Waals surface area (Å²) < 4.78 is 0. The second-order valence-electron chi connectivity index (χ2n) is 4.92. The van der Waals surface area contributed by atoms with Crippen molar-refractivity contribution < 1.29 is 9.59 Å². The molecule has 0 aliphatic carbocycles. The van der Waals surface area contributed by atoms with Gasteiger partial charge in [0.2, 0.25) is 5.91 Å². The van der Waals surface area contributed by atoms with Crippen LogP contribution in [0.3, 0.4) is 0 Å². The van der Waals surface area contributed by atoms with Gasteiger partial charge in [0, 0.05) is 6.20 Å². The highest BCUT2D eigenvalue weighted by Gasteiger charge is 2.37. The van der Waals surface area contributed by atoms with Crippen molar-refractivity contribution in [2.45, 2.75) is 13.3 Å². The summed E-state index contributed by atoms with van der Waals surface area (Å²) in [4.78, 5) is 30.1. The molecule has 1 unspecified atom stereocenters. The zero-order chi connectivity index (χ0) is 14.1. The first-order valence-corrected chi connectivity index (χ1v) is 6.52. The molecule has 2 heterocycles. The smallest absolute Gasteiger partial charge is 0.260 e. The highest BCUT2D eigenvalue weighted by atomic mass is 16.2. The lowest BCUT2D eigenvalue weighted by Gasteiger charge is -2.30. The minimum Gasteiger partial charge on any atom is -0.273 e. The number of hydrogen-bond donors (Lipinski definition) is 0. The van der Waals surface area contributed by atoms with Gasteiger partial charge in [-0.05, 0) is 30.6 Å². The topological polar surface area (TPSA) is 49.7 Å². The maximum Gasteiger partial charge on any atom is 0.260 e. The number of allylic oxidation sites excluding steroid dienone is 2. The lowest BCUT2D eigenvalue weighted by molar-refractivity contribution is -0.137. The molecule has 1 aromatic rings. The molecule has 3 rings (SSSR count). The van der Waals surface area contributed by atoms with Gasteiger partial charge >= 0.3 is 0 Å². The van der Waals surface area contributed by atoms with Crippen LogP contribution in [0.25, 0.3) is 0 Å². The van der Waals surface area contributed by atoms with Crippen LogP contribution in [0.2, 0.25) is 0 Å². The summed E-state index contributed by atoms with van der Waals surface area (Å²) >= 11 is 0. The Labute approximate surface area is 117 Å². The molecule has 0 spiro atoms. The Morgan fingerprint density at radius 2 is 1.95 bits per heavy atom. The highest BCUT2D eigenvalue weighted by molar-refractivity contribution is 6.21. The molecule has 0 radical (unpaired) electrons. The number of rotatable bonds is 2. The van der Waals surface area contributed by atoms with Gasteiger partial charge in [0.05, 0.1) is 0 Å². The van der Waals surface area contributed by atoms with E-state index >= 15 is 0 Å². The number of carbonyl (C=O) groups excluding carboxylic acids is 2. The third-order valence-electron chi connectivity index (χ3n) is 3.49. The van der Waals surface area contributed by atoms with E-state index in [9.17, 15) is 9.59 Å². The summed E-state index contributed by atoms with van der Waals surface area (Å²) in [6.07, 6.45) is 5.69. The first-order chi connectivity index (χ1) is 9.66. The number of aliphatic imine (C=N–C) groups is 1. The molecule has 1 atom stereocenters. The molecular formula is C16H14N2O2. The number of carbonyl (C=O) groups is 2. The molecule has 20 heavy (non-hydrogen) atoms. The third-order valence-corrected chi connectivity index (χ3v) is 3.49. The Balaban J connectivity index is 1.91. The quantitative estimate of drug-likeness (QED) is 0.770. The molecular weight excluding hydrogens is 252 g/mol. The van der Waals surface area contributed by atoms with Crippen molar-refractivity contribution in [2.75, 3.05) is 0 Å². The molecule has 2 aliphatic rings. The van der Waals surface area contributed by atoms with E-state index < -0.39 is 5.92 Å². The monoisotopic (exact) mass is 266 g/mol. The fourth-order valence-electron chi connectivity index (χ4n) is 2.41. The zero-order valence-electron chi connectivity index (χ0n) is 11.1. The van der Waals surface area contributed by atoms with E-state index in [2.05, 4.69) is 4.99 Å². The summed E-state index contributed by atoms with van der Waals surface area (Å²) in [6, 6.07) is 9.53. The summed E-state index contributed by atoms with van der Waals surface area (Å²) in [5.41, 5.74) is 1.79. The van der Waals surface area contributed by atoms with Crippen LogP contribution in [0.15, 0.2) is 59.2 Å². The van der Waals surface area contributed by atoms with Crippen molar-refractivity contribution in [3.8, 4) is 0 Å². The van der Waals surface area contributed by atoms with Crippen molar-refractivity contribution in [1.82, 2.24) is 4.90 Å². The predicted octanol–water partition coefficient (Wildman–Crippen LogP) is 2.09. The molecule has 2 amide bonds. The number of amidine groups is 1. The summed E-state index contributed by atoms with van der Waals surface area (Å²) in [6.45, 7) is 1.84. The van der Waals surface area contributed by atoms with Crippen LogP contribution >= 0.6 is 0 Å². The normalized spacial score (nSPS) is 21.4. The number of benzene rings is 1. The minimum absolute atomic E-state index is 0.201. The Kier molecular flexibility index (Phi) is 3.06. The third kappa shape index (κ3) is 2.09. The lowest BCUT2D eigenvalue weighted by atomic mass is 9.95. The second-order valence-corrected chi connectivity index (χ2v) is 4.92. The van der Waals surface area contributed by atoms with Gasteiger partial charge in [-0.15, -0.1) is 0 Å². The first-order valence-electron chi connectivity index (χ1n) is 6.52. The summed E-state index contributed by atoms with van der Waals surface area (Å²) in [5, 5.41) is 0. The van der Waals surface area contributed by atoms with Crippen molar-refractivity contribution in [3.05, 3.63) is 59.8 Å². The van der Waals surface area contributed by atoms with Gasteiger partial charge in [-0.25, -0.2) is 0 Å². The van der Waals surface area contributed by atoms with E-state index in [4.69, 9.17) is 0 Å². The first kappa shape index (κ1) is 12.5. The number of fused-ring (bicyclic) bond motifs is 1. The maximum absolute atomic E-state index is 12.5. The minimum atomic E-state index is -0.725. The Bertz CT molecular complexity index is 656. The summed E-state index contributed by atoms with van der Waals surface area (Å²) in [5.74, 6) is -0.829. The fourth-order valence-corrected chi connectivity index (χ4v) is 2.41. The van der Waals surface area contributed by atoms with Gasteiger partial charge in [-0.1, -0.05) is 36.4 Å². The van der Waals surface area contributed by atoms with Crippen molar-refractivity contribution in [2.24, 2.45) is 10.9 Å². The predicted molar refractivity (Wildman–Crippen MR) is 75.8 cm³/mol. The van der Waals surface area contributed by atoms with E-state index in [1.54, 1.807) is 12.3 Å². The molecule has 0 saturated heterocycles. The van der Waals surface area contributed by atoms with Gasteiger partial charge in [0.25, 0.3) is 5.91 Å². The van der Waals surface area contributed by atoms with E-state index in [0.717, 1.165) is 11.1 Å². The largest absolute Gasteiger partial charge is 0.273 e. The number of amides is 2. The Hall–Kier alpha value is -2.49. The van der Waals surface area contributed by atoms with E-state index in [0.29, 0.717) is 12.3 Å². The molecule has 4 heteroatoms. The molecule has 0 fully saturated rings. The van der Waals surface area contributed by atoms with Gasteiger partial charge < -0.3 is 0 Å². The molecule has 0 saturated carbocycles. The maximum atomic E-state index is 12.5. The van der Waals surface area contributed by atoms with Crippen molar-refractivity contribution in [1.29, 1.82) is 0 Å². The summed E-state index contributed by atoms with van der Waals surface area (Å²) in [7, 11) is 0. The van der Waals surface area contributed by atoms with Gasteiger partial charge in [0.1, 0.15) is 11.8 Å². The average molecular weight is 266 g/mol. The molecule has 0 aromatic heterocycles. The molecule has 1 aromatic carbocycles. The standard InChI is InChI=1S/C16H14N2O2/c1-11-6-5-9-18-14(11)17-15(19)13(16(18)20)10-12-7-3-2-4-8-12/h2-9,13H,10H2,1H3. The Morgan fingerprint density at radius 1 is 1.20 bits per heavy atom. The number of nitrogens with zero attached hydrogens (tertiary/aromatic N) is 2. The Morgan fingerprint density at radius 3 is 2.70 bits per heavy atom. The van der Waals surface area contributed by atoms with Crippen molar-refractivity contribution >= 4 is 17.6 Å². The highest BCUT2D eigenvalue weighted by Crippen LogP contribution is 2.23. The van der Waals surface area contributed by atoms with E-state index in [-0.39, 0.29) is 11.8 Å². The van der Waals surface area contributed by atoms with Crippen LogP contribution in [0, 0.1) is 5.92 Å². The van der Waals surface area contributed by atoms with Crippen molar-refractivity contribution in [3.63, 3.8) is 0 Å². The van der Waals surface area contributed by atoms with E-state index in [1.807, 2.05) is 43.3 Å². The fraction of sp³-hybridized carbons (Fsp3) is 0.188. The molecule has 2 aliphatic heterocycles. The van der Waals surface area contributed by atoms with Crippen LogP contribution in [0.4, 0.5) is 0 Å². The van der Waals surface area contributed by atoms with Crippen LogP contribution in [-0.4, -0.2) is 22.5 Å². The molecule has 0 bridgehead atoms. The van der Waals surface area contributed by atoms with Gasteiger partial charge in [-0.3, -0.25) is 14.5 Å². The molecule has 0 N–H and O–H groups in total. The number of hydrogen-bond acceptors (Lipinski definition) is 2. The zero-order valence-corrected chi connectivity index (χ0v) is 11.1. The van der Waals surface area contributed by atoms with Crippen LogP contribution in [0.5, 0.6) is 0 Å². The van der Waals surface area contributed by atoms with Crippen LogP contribution < -0.4 is 0 Å². The van der Waals surface area contributed by atoms with Crippen LogP contribution in [-0.2, 0) is 16.0 Å². The van der Waals surface area contributed by atoms with E-state index in [1.165, 1.54) is 4.90 Å². The van der Waals surface area contributed by atoms with Crippen LogP contribution in [0.1, 0.15) is 12.5 Å². The average Bonchev–Trinajstić information content (AvgIpc) is 2.46. The SMILES string of the molecule is CC1=CC=CN2C(=O)C(Cc3ccccc3)C(=O)N=C12.